The van der Waals surface area contributed by atoms with Gasteiger partial charge in [-0.2, -0.15) is 0 Å². The van der Waals surface area contributed by atoms with Crippen LogP contribution in [0.25, 0.3) is 22.3 Å². The number of fused-ring (bicyclic) bond motifs is 1. The summed E-state index contributed by atoms with van der Waals surface area (Å²) in [5, 5.41) is 9.70. The van der Waals surface area contributed by atoms with Crippen molar-refractivity contribution in [2.75, 3.05) is 0 Å². The Morgan fingerprint density at radius 1 is 1.22 bits per heavy atom. The molecule has 0 fully saturated rings. The average molecular weight is 239 g/mol. The van der Waals surface area contributed by atoms with Gasteiger partial charge >= 0.3 is 5.97 Å². The van der Waals surface area contributed by atoms with Crippen LogP contribution in [0.3, 0.4) is 0 Å². The summed E-state index contributed by atoms with van der Waals surface area (Å²) in [7, 11) is 0. The number of hydrogen-bond donors (Lipinski definition) is 1. The first-order chi connectivity index (χ1) is 8.74. The topological polar surface area (TPSA) is 63.3 Å². The molecular formula is C14H9NO3. The predicted molar refractivity (Wildman–Crippen MR) is 66.4 cm³/mol. The number of rotatable bonds is 2. The van der Waals surface area contributed by atoms with Gasteiger partial charge in [-0.1, -0.05) is 0 Å². The minimum absolute atomic E-state index is 0.251. The van der Waals surface area contributed by atoms with Crippen LogP contribution in [0, 0.1) is 0 Å². The molecule has 0 aliphatic heterocycles. The average Bonchev–Trinajstić information content (AvgIpc) is 2.82. The van der Waals surface area contributed by atoms with E-state index in [9.17, 15) is 4.79 Å². The van der Waals surface area contributed by atoms with E-state index in [4.69, 9.17) is 9.52 Å². The molecule has 0 saturated heterocycles. The largest absolute Gasteiger partial charge is 0.478 e. The number of carbonyl (C=O) groups is 1. The highest BCUT2D eigenvalue weighted by Crippen LogP contribution is 2.27. The van der Waals surface area contributed by atoms with E-state index < -0.39 is 5.97 Å². The zero-order valence-electron chi connectivity index (χ0n) is 9.33. The summed E-state index contributed by atoms with van der Waals surface area (Å²) in [5.41, 5.74) is 1.78. The molecule has 0 saturated carbocycles. The maximum Gasteiger partial charge on any atom is 0.335 e. The van der Waals surface area contributed by atoms with Crippen molar-refractivity contribution in [3.05, 3.63) is 54.4 Å². The molecule has 2 aromatic heterocycles. The van der Waals surface area contributed by atoms with E-state index in [2.05, 4.69) is 4.98 Å². The molecule has 0 radical (unpaired) electrons. The van der Waals surface area contributed by atoms with Gasteiger partial charge in [-0.15, -0.1) is 0 Å². The lowest BCUT2D eigenvalue weighted by Gasteiger charge is -1.93. The molecule has 3 rings (SSSR count). The van der Waals surface area contributed by atoms with E-state index in [0.717, 1.165) is 10.9 Å². The number of benzene rings is 1. The fraction of sp³-hybridized carbons (Fsp3) is 0. The first-order valence-electron chi connectivity index (χ1n) is 5.41. The molecule has 0 amide bonds. The molecule has 0 bridgehead atoms. The Balaban J connectivity index is 2.14. The fourth-order valence-electron chi connectivity index (χ4n) is 1.83. The van der Waals surface area contributed by atoms with Gasteiger partial charge in [0.15, 0.2) is 0 Å². The minimum Gasteiger partial charge on any atom is -0.478 e. The zero-order valence-corrected chi connectivity index (χ0v) is 9.33. The number of furan rings is 1. The van der Waals surface area contributed by atoms with Crippen LogP contribution in [0.15, 0.2) is 53.2 Å². The third-order valence-electron chi connectivity index (χ3n) is 2.71. The first kappa shape index (κ1) is 10.5. The lowest BCUT2D eigenvalue weighted by Crippen LogP contribution is -1.94. The van der Waals surface area contributed by atoms with Crippen molar-refractivity contribution in [2.24, 2.45) is 0 Å². The van der Waals surface area contributed by atoms with Crippen molar-refractivity contribution in [1.82, 2.24) is 4.98 Å². The van der Waals surface area contributed by atoms with Crippen molar-refractivity contribution in [3.8, 4) is 11.3 Å². The lowest BCUT2D eigenvalue weighted by atomic mass is 10.1. The Morgan fingerprint density at radius 3 is 2.83 bits per heavy atom. The molecule has 3 aromatic rings. The lowest BCUT2D eigenvalue weighted by molar-refractivity contribution is 0.0697. The van der Waals surface area contributed by atoms with Crippen LogP contribution in [-0.4, -0.2) is 16.1 Å². The molecule has 2 heterocycles. The molecule has 0 aliphatic rings. The quantitative estimate of drug-likeness (QED) is 0.745. The van der Waals surface area contributed by atoms with Crippen molar-refractivity contribution in [3.63, 3.8) is 0 Å². The van der Waals surface area contributed by atoms with Crippen LogP contribution in [0.2, 0.25) is 0 Å². The van der Waals surface area contributed by atoms with Crippen LogP contribution >= 0.6 is 0 Å². The Hall–Kier alpha value is -2.62. The Kier molecular flexibility index (Phi) is 2.34. The molecule has 4 heteroatoms. The van der Waals surface area contributed by atoms with Gasteiger partial charge < -0.3 is 9.52 Å². The normalized spacial score (nSPS) is 10.7. The summed E-state index contributed by atoms with van der Waals surface area (Å²) >= 11 is 0. The van der Waals surface area contributed by atoms with Crippen LogP contribution < -0.4 is 0 Å². The number of nitrogens with zero attached hydrogens (tertiary/aromatic N) is 1. The van der Waals surface area contributed by atoms with Crippen molar-refractivity contribution in [1.29, 1.82) is 0 Å². The van der Waals surface area contributed by atoms with Crippen LogP contribution in [0.5, 0.6) is 0 Å². The number of aromatic carboxylic acids is 1. The number of pyridine rings is 1. The van der Waals surface area contributed by atoms with Gasteiger partial charge in [0, 0.05) is 23.3 Å². The first-order valence-corrected chi connectivity index (χ1v) is 5.41. The van der Waals surface area contributed by atoms with Gasteiger partial charge in [0.1, 0.15) is 11.3 Å². The second-order valence-electron chi connectivity index (χ2n) is 3.91. The monoisotopic (exact) mass is 239 g/mol. The van der Waals surface area contributed by atoms with Gasteiger partial charge in [-0.25, -0.2) is 4.79 Å². The summed E-state index contributed by atoms with van der Waals surface area (Å²) in [5.74, 6) is -0.262. The van der Waals surface area contributed by atoms with Crippen molar-refractivity contribution in [2.45, 2.75) is 0 Å². The van der Waals surface area contributed by atoms with Crippen LogP contribution in [0.4, 0.5) is 0 Å². The standard InChI is InChI=1S/C14H9NO3/c16-14(17)9-3-4-12-11(6-9)7-13(18-12)10-2-1-5-15-8-10/h1-8H,(H,16,17). The smallest absolute Gasteiger partial charge is 0.335 e. The second kappa shape index (κ2) is 4.00. The predicted octanol–water partition coefficient (Wildman–Crippen LogP) is 3.19. The molecule has 0 aliphatic carbocycles. The van der Waals surface area contributed by atoms with Gasteiger partial charge in [0.25, 0.3) is 0 Å². The van der Waals surface area contributed by atoms with E-state index in [1.54, 1.807) is 24.5 Å². The Morgan fingerprint density at radius 2 is 2.11 bits per heavy atom. The SMILES string of the molecule is O=C(O)c1ccc2oc(-c3cccnc3)cc2c1. The van der Waals surface area contributed by atoms with Gasteiger partial charge in [-0.05, 0) is 36.4 Å². The highest BCUT2D eigenvalue weighted by Gasteiger charge is 2.09. The third-order valence-corrected chi connectivity index (χ3v) is 2.71. The minimum atomic E-state index is -0.943. The van der Waals surface area contributed by atoms with Gasteiger partial charge in [0.2, 0.25) is 0 Å². The summed E-state index contributed by atoms with van der Waals surface area (Å²) in [6, 6.07) is 10.3. The number of aromatic nitrogens is 1. The van der Waals surface area contributed by atoms with E-state index in [-0.39, 0.29) is 5.56 Å². The molecule has 0 unspecified atom stereocenters. The van der Waals surface area contributed by atoms with Gasteiger partial charge in [0.05, 0.1) is 5.56 Å². The molecule has 18 heavy (non-hydrogen) atoms. The van der Waals surface area contributed by atoms with E-state index in [1.165, 1.54) is 6.07 Å². The molecule has 1 aromatic carbocycles. The Labute approximate surface area is 103 Å². The Bertz CT molecular complexity index is 716. The molecule has 0 spiro atoms. The van der Waals surface area contributed by atoms with Crippen molar-refractivity contribution >= 4 is 16.9 Å². The summed E-state index contributed by atoms with van der Waals surface area (Å²) in [6.07, 6.45) is 3.39. The summed E-state index contributed by atoms with van der Waals surface area (Å²) < 4.78 is 5.66. The molecule has 0 atom stereocenters. The molecule has 1 N–H and O–H groups in total. The third kappa shape index (κ3) is 1.73. The molecule has 4 nitrogen and oxygen atoms in total. The number of hydrogen-bond acceptors (Lipinski definition) is 3. The van der Waals surface area contributed by atoms with E-state index in [0.29, 0.717) is 11.3 Å². The fourth-order valence-corrected chi connectivity index (χ4v) is 1.83. The van der Waals surface area contributed by atoms with E-state index in [1.807, 2.05) is 18.2 Å². The highest BCUT2D eigenvalue weighted by atomic mass is 16.4. The maximum atomic E-state index is 10.9. The highest BCUT2D eigenvalue weighted by molar-refractivity contribution is 5.94. The number of carboxylic acids is 1. The molecule has 88 valence electrons. The van der Waals surface area contributed by atoms with Crippen LogP contribution in [0.1, 0.15) is 10.4 Å². The zero-order chi connectivity index (χ0) is 12.5. The second-order valence-corrected chi connectivity index (χ2v) is 3.91. The summed E-state index contributed by atoms with van der Waals surface area (Å²) in [4.78, 5) is 14.9. The maximum absolute atomic E-state index is 10.9. The molecular weight excluding hydrogens is 230 g/mol. The number of carboxylic acid groups (broad SMARTS) is 1. The summed E-state index contributed by atoms with van der Waals surface area (Å²) in [6.45, 7) is 0. The van der Waals surface area contributed by atoms with Gasteiger partial charge in [-0.3, -0.25) is 4.98 Å². The van der Waals surface area contributed by atoms with Crippen molar-refractivity contribution < 1.29 is 14.3 Å². The van der Waals surface area contributed by atoms with Crippen LogP contribution in [-0.2, 0) is 0 Å². The van der Waals surface area contributed by atoms with E-state index >= 15 is 0 Å².